The molecule has 1 aliphatic rings. The van der Waals surface area contributed by atoms with Crippen molar-refractivity contribution in [2.24, 2.45) is 12.2 Å². The Hall–Kier alpha value is -3.40. The standard InChI is InChI=1S/C19H18N4O5S/c1-12(13-3-4-16-17(5-13)27-11-26-16)22-28-9-18(24)25-8-15-10-29-19(21-15)14-6-20-23(2)7-14/h3-7,10H,8-9,11H2,1-2H3. The molecule has 0 bridgehead atoms. The highest BCUT2D eigenvalue weighted by Crippen LogP contribution is 2.32. The summed E-state index contributed by atoms with van der Waals surface area (Å²) in [6.07, 6.45) is 3.62. The summed E-state index contributed by atoms with van der Waals surface area (Å²) in [6, 6.07) is 5.46. The molecule has 0 atom stereocenters. The van der Waals surface area contributed by atoms with Crippen molar-refractivity contribution in [2.45, 2.75) is 13.5 Å². The van der Waals surface area contributed by atoms with Crippen molar-refractivity contribution in [3.05, 3.63) is 47.2 Å². The molecule has 1 aliphatic heterocycles. The van der Waals surface area contributed by atoms with Crippen LogP contribution in [0.1, 0.15) is 18.2 Å². The summed E-state index contributed by atoms with van der Waals surface area (Å²) in [5, 5.41) is 10.7. The summed E-state index contributed by atoms with van der Waals surface area (Å²) in [7, 11) is 1.84. The lowest BCUT2D eigenvalue weighted by Crippen LogP contribution is -2.11. The predicted molar refractivity (Wildman–Crippen MR) is 105 cm³/mol. The van der Waals surface area contributed by atoms with Crippen LogP contribution in [0.25, 0.3) is 10.6 Å². The molecule has 1 aromatic carbocycles. The normalized spacial score (nSPS) is 12.8. The minimum atomic E-state index is -0.525. The molecule has 0 N–H and O–H groups in total. The number of hydrogen-bond donors (Lipinski definition) is 0. The summed E-state index contributed by atoms with van der Waals surface area (Å²) < 4.78 is 17.5. The SMILES string of the molecule is CC(=NOCC(=O)OCc1csc(-c2cnn(C)c2)n1)c1ccc2c(c1)OCO2. The number of carbonyl (C=O) groups excluding carboxylic acids is 1. The Balaban J connectivity index is 1.25. The third kappa shape index (κ3) is 4.54. The first-order valence-electron chi connectivity index (χ1n) is 8.74. The number of carbonyl (C=O) groups is 1. The van der Waals surface area contributed by atoms with Crippen molar-refractivity contribution in [1.82, 2.24) is 14.8 Å². The van der Waals surface area contributed by atoms with E-state index in [-0.39, 0.29) is 20.0 Å². The largest absolute Gasteiger partial charge is 0.457 e. The lowest BCUT2D eigenvalue weighted by Gasteiger charge is -2.04. The van der Waals surface area contributed by atoms with Crippen LogP contribution >= 0.6 is 11.3 Å². The quantitative estimate of drug-likeness (QED) is 0.333. The van der Waals surface area contributed by atoms with Crippen molar-refractivity contribution in [1.29, 1.82) is 0 Å². The zero-order valence-corrected chi connectivity index (χ0v) is 16.6. The maximum atomic E-state index is 11.9. The number of hydrogen-bond acceptors (Lipinski definition) is 9. The second-order valence-electron chi connectivity index (χ2n) is 6.23. The van der Waals surface area contributed by atoms with Crippen LogP contribution in [0.3, 0.4) is 0 Å². The molecule has 0 aliphatic carbocycles. The van der Waals surface area contributed by atoms with E-state index in [1.807, 2.05) is 30.8 Å². The molecule has 3 aromatic rings. The molecule has 0 fully saturated rings. The molecule has 29 heavy (non-hydrogen) atoms. The van der Waals surface area contributed by atoms with Gasteiger partial charge in [-0.1, -0.05) is 5.16 Å². The van der Waals surface area contributed by atoms with E-state index in [0.717, 1.165) is 16.1 Å². The first kappa shape index (κ1) is 18.9. The highest BCUT2D eigenvalue weighted by atomic mass is 32.1. The Bertz CT molecular complexity index is 1060. The third-order valence-corrected chi connectivity index (χ3v) is 5.00. The Morgan fingerprint density at radius 1 is 1.34 bits per heavy atom. The van der Waals surface area contributed by atoms with E-state index in [4.69, 9.17) is 19.0 Å². The molecule has 4 rings (SSSR count). The number of aromatic nitrogens is 3. The van der Waals surface area contributed by atoms with Crippen LogP contribution in [-0.2, 0) is 28.0 Å². The average Bonchev–Trinajstić information content (AvgIpc) is 3.46. The van der Waals surface area contributed by atoms with Crippen molar-refractivity contribution >= 4 is 23.0 Å². The maximum absolute atomic E-state index is 11.9. The summed E-state index contributed by atoms with van der Waals surface area (Å²) in [4.78, 5) is 21.4. The van der Waals surface area contributed by atoms with Crippen molar-refractivity contribution in [2.75, 3.05) is 13.4 Å². The monoisotopic (exact) mass is 414 g/mol. The second-order valence-corrected chi connectivity index (χ2v) is 7.08. The maximum Gasteiger partial charge on any atom is 0.347 e. The summed E-state index contributed by atoms with van der Waals surface area (Å²) in [5.41, 5.74) is 3.01. The van der Waals surface area contributed by atoms with Gasteiger partial charge in [0.1, 0.15) is 11.6 Å². The number of rotatable bonds is 7. The Morgan fingerprint density at radius 2 is 2.21 bits per heavy atom. The van der Waals surface area contributed by atoms with Gasteiger partial charge in [-0.05, 0) is 25.1 Å². The summed E-state index contributed by atoms with van der Waals surface area (Å²) in [6.45, 7) is 1.77. The molecule has 0 saturated carbocycles. The van der Waals surface area contributed by atoms with Crippen LogP contribution in [0.5, 0.6) is 11.5 Å². The molecule has 0 spiro atoms. The molecule has 9 nitrogen and oxygen atoms in total. The lowest BCUT2D eigenvalue weighted by molar-refractivity contribution is -0.150. The van der Waals surface area contributed by atoms with Gasteiger partial charge in [0, 0.05) is 29.8 Å². The number of thiazole rings is 1. The van der Waals surface area contributed by atoms with Crippen LogP contribution in [-0.4, -0.2) is 39.8 Å². The molecule has 0 unspecified atom stereocenters. The number of esters is 1. The molecular weight excluding hydrogens is 396 g/mol. The summed E-state index contributed by atoms with van der Waals surface area (Å²) >= 11 is 1.47. The average molecular weight is 414 g/mol. The Kier molecular flexibility index (Phi) is 5.43. The fourth-order valence-electron chi connectivity index (χ4n) is 2.59. The molecule has 0 saturated heterocycles. The van der Waals surface area contributed by atoms with E-state index in [0.29, 0.717) is 22.9 Å². The van der Waals surface area contributed by atoms with Gasteiger partial charge >= 0.3 is 5.97 Å². The van der Waals surface area contributed by atoms with Crippen LogP contribution in [0, 0.1) is 0 Å². The zero-order valence-electron chi connectivity index (χ0n) is 15.8. The number of benzene rings is 1. The van der Waals surface area contributed by atoms with Crippen molar-refractivity contribution in [3.8, 4) is 22.1 Å². The predicted octanol–water partition coefficient (Wildman–Crippen LogP) is 2.76. The Labute approximate surface area is 170 Å². The van der Waals surface area contributed by atoms with Gasteiger partial charge in [0.25, 0.3) is 0 Å². The van der Waals surface area contributed by atoms with Gasteiger partial charge in [-0.15, -0.1) is 11.3 Å². The van der Waals surface area contributed by atoms with Gasteiger partial charge in [-0.2, -0.15) is 5.10 Å². The van der Waals surface area contributed by atoms with Crippen LogP contribution in [0.4, 0.5) is 0 Å². The van der Waals surface area contributed by atoms with Gasteiger partial charge in [-0.3, -0.25) is 4.68 Å². The number of nitrogens with zero attached hydrogens (tertiary/aromatic N) is 4. The molecule has 10 heteroatoms. The molecule has 2 aromatic heterocycles. The van der Waals surface area contributed by atoms with E-state index in [1.54, 1.807) is 23.9 Å². The van der Waals surface area contributed by atoms with Gasteiger partial charge in [0.2, 0.25) is 13.4 Å². The lowest BCUT2D eigenvalue weighted by atomic mass is 10.1. The molecule has 0 radical (unpaired) electrons. The Morgan fingerprint density at radius 3 is 3.03 bits per heavy atom. The third-order valence-electron chi connectivity index (χ3n) is 4.06. The van der Waals surface area contributed by atoms with E-state index in [1.165, 1.54) is 11.3 Å². The minimum Gasteiger partial charge on any atom is -0.457 e. The van der Waals surface area contributed by atoms with Crippen molar-refractivity contribution < 1.29 is 23.8 Å². The highest BCUT2D eigenvalue weighted by Gasteiger charge is 2.14. The molecule has 3 heterocycles. The summed E-state index contributed by atoms with van der Waals surface area (Å²) in [5.74, 6) is 0.827. The topological polar surface area (TPSA) is 97.1 Å². The van der Waals surface area contributed by atoms with E-state index in [2.05, 4.69) is 15.2 Å². The van der Waals surface area contributed by atoms with Gasteiger partial charge in [0.15, 0.2) is 11.5 Å². The van der Waals surface area contributed by atoms with Crippen LogP contribution in [0.2, 0.25) is 0 Å². The number of aryl methyl sites for hydroxylation is 1. The second kappa shape index (κ2) is 8.31. The van der Waals surface area contributed by atoms with Gasteiger partial charge in [0.05, 0.1) is 17.6 Å². The van der Waals surface area contributed by atoms with E-state index < -0.39 is 5.97 Å². The molecule has 150 valence electrons. The van der Waals surface area contributed by atoms with Crippen LogP contribution in [0.15, 0.2) is 41.1 Å². The van der Waals surface area contributed by atoms with Gasteiger partial charge < -0.3 is 19.0 Å². The fraction of sp³-hybridized carbons (Fsp3) is 0.263. The van der Waals surface area contributed by atoms with E-state index in [9.17, 15) is 4.79 Å². The van der Waals surface area contributed by atoms with Crippen molar-refractivity contribution in [3.63, 3.8) is 0 Å². The minimum absolute atomic E-state index is 0.0732. The number of oxime groups is 1. The number of ether oxygens (including phenoxy) is 3. The highest BCUT2D eigenvalue weighted by molar-refractivity contribution is 7.13. The smallest absolute Gasteiger partial charge is 0.347 e. The first-order chi connectivity index (χ1) is 14.1. The van der Waals surface area contributed by atoms with Crippen LogP contribution < -0.4 is 9.47 Å². The first-order valence-corrected chi connectivity index (χ1v) is 9.62. The zero-order chi connectivity index (χ0) is 20.2. The molecular formula is C19H18N4O5S. The van der Waals surface area contributed by atoms with Gasteiger partial charge in [-0.25, -0.2) is 9.78 Å². The molecule has 0 amide bonds. The fourth-order valence-corrected chi connectivity index (χ4v) is 3.37. The number of fused-ring (bicyclic) bond motifs is 1. The van der Waals surface area contributed by atoms with E-state index >= 15 is 0 Å².